The van der Waals surface area contributed by atoms with Crippen LogP contribution >= 0.6 is 0 Å². The Balaban J connectivity index is 1.71. The first kappa shape index (κ1) is 19.4. The van der Waals surface area contributed by atoms with Gasteiger partial charge in [-0.05, 0) is 61.9 Å². The molecule has 144 valence electrons. The second kappa shape index (κ2) is 9.50. The lowest BCUT2D eigenvalue weighted by Gasteiger charge is -2.16. The summed E-state index contributed by atoms with van der Waals surface area (Å²) in [6.07, 6.45) is 5.15. The highest BCUT2D eigenvalue weighted by Gasteiger charge is 2.15. The van der Waals surface area contributed by atoms with Gasteiger partial charge in [-0.2, -0.15) is 0 Å². The summed E-state index contributed by atoms with van der Waals surface area (Å²) in [6, 6.07) is 14.4. The summed E-state index contributed by atoms with van der Waals surface area (Å²) in [5, 5.41) is 2.95. The van der Waals surface area contributed by atoms with Crippen LogP contribution in [0, 0.1) is 0 Å². The molecule has 1 amide bonds. The first-order chi connectivity index (χ1) is 13.7. The van der Waals surface area contributed by atoms with Crippen molar-refractivity contribution in [1.29, 1.82) is 0 Å². The van der Waals surface area contributed by atoms with Crippen LogP contribution in [0.4, 0.5) is 0 Å². The number of carbonyl (C=O) groups excluding carboxylic acids is 1. The van der Waals surface area contributed by atoms with Crippen molar-refractivity contribution in [3.63, 3.8) is 0 Å². The minimum Gasteiger partial charge on any atom is -0.490 e. The van der Waals surface area contributed by atoms with Crippen molar-refractivity contribution in [1.82, 2.24) is 15.3 Å². The van der Waals surface area contributed by atoms with E-state index in [0.717, 1.165) is 11.3 Å². The van der Waals surface area contributed by atoms with Gasteiger partial charge in [0.2, 0.25) is 0 Å². The number of rotatable bonds is 8. The van der Waals surface area contributed by atoms with Crippen LogP contribution in [0.2, 0.25) is 0 Å². The number of nitrogens with one attached hydrogen (secondary N) is 1. The third-order valence-corrected chi connectivity index (χ3v) is 4.13. The number of hydrogen-bond acceptors (Lipinski definition) is 5. The Kier molecular flexibility index (Phi) is 6.57. The van der Waals surface area contributed by atoms with Crippen molar-refractivity contribution in [3.8, 4) is 11.5 Å². The molecule has 2 aromatic heterocycles. The third kappa shape index (κ3) is 5.07. The minimum atomic E-state index is -0.202. The van der Waals surface area contributed by atoms with Gasteiger partial charge in [0.25, 0.3) is 5.91 Å². The molecule has 1 N–H and O–H groups in total. The summed E-state index contributed by atoms with van der Waals surface area (Å²) < 4.78 is 11.5. The van der Waals surface area contributed by atoms with Crippen molar-refractivity contribution in [2.45, 2.75) is 26.5 Å². The highest BCUT2D eigenvalue weighted by Crippen LogP contribution is 2.29. The van der Waals surface area contributed by atoms with Crippen LogP contribution in [0.3, 0.4) is 0 Å². The van der Waals surface area contributed by atoms with Gasteiger partial charge in [0.05, 0.1) is 18.3 Å². The lowest BCUT2D eigenvalue weighted by Crippen LogP contribution is -2.27. The predicted octanol–water partition coefficient (Wildman–Crippen LogP) is 3.95. The molecule has 1 aromatic carbocycles. The summed E-state index contributed by atoms with van der Waals surface area (Å²) in [6.45, 7) is 4.66. The molecular formula is C22H23N3O3. The van der Waals surface area contributed by atoms with Crippen LogP contribution < -0.4 is 14.8 Å². The standard InChI is InChI=1S/C22H23N3O3/c1-3-27-21-14-18(22(26)25-16(2)19-6-4-5-11-24-19)7-8-20(21)28-15-17-9-12-23-13-10-17/h4-14,16H,3,15H2,1-2H3,(H,25,26). The first-order valence-corrected chi connectivity index (χ1v) is 9.17. The minimum absolute atomic E-state index is 0.195. The Bertz CT molecular complexity index is 901. The summed E-state index contributed by atoms with van der Waals surface area (Å²) in [5.41, 5.74) is 2.31. The molecule has 3 aromatic rings. The number of ether oxygens (including phenoxy) is 2. The lowest BCUT2D eigenvalue weighted by molar-refractivity contribution is 0.0938. The van der Waals surface area contributed by atoms with Crippen LogP contribution in [0.1, 0.15) is 41.5 Å². The Morgan fingerprint density at radius 1 is 1.04 bits per heavy atom. The quantitative estimate of drug-likeness (QED) is 0.644. The topological polar surface area (TPSA) is 73.3 Å². The van der Waals surface area contributed by atoms with Gasteiger partial charge in [0.15, 0.2) is 11.5 Å². The van der Waals surface area contributed by atoms with Crippen molar-refractivity contribution >= 4 is 5.91 Å². The van der Waals surface area contributed by atoms with E-state index < -0.39 is 0 Å². The molecule has 3 rings (SSSR count). The molecule has 0 radical (unpaired) electrons. The van der Waals surface area contributed by atoms with Crippen molar-refractivity contribution in [3.05, 3.63) is 83.9 Å². The van der Waals surface area contributed by atoms with Gasteiger partial charge in [-0.1, -0.05) is 6.07 Å². The molecule has 2 heterocycles. The molecule has 6 nitrogen and oxygen atoms in total. The SMILES string of the molecule is CCOc1cc(C(=O)NC(C)c2ccccn2)ccc1OCc1ccncc1. The van der Waals surface area contributed by atoms with E-state index in [9.17, 15) is 4.79 Å². The largest absolute Gasteiger partial charge is 0.490 e. The van der Waals surface area contributed by atoms with Gasteiger partial charge in [0.1, 0.15) is 6.61 Å². The summed E-state index contributed by atoms with van der Waals surface area (Å²) >= 11 is 0. The van der Waals surface area contributed by atoms with Crippen LogP contribution in [-0.2, 0) is 6.61 Å². The van der Waals surface area contributed by atoms with E-state index in [0.29, 0.717) is 30.3 Å². The molecule has 0 aliphatic carbocycles. The average molecular weight is 377 g/mol. The van der Waals surface area contributed by atoms with E-state index in [1.54, 1.807) is 36.8 Å². The Morgan fingerprint density at radius 3 is 2.57 bits per heavy atom. The number of hydrogen-bond donors (Lipinski definition) is 1. The highest BCUT2D eigenvalue weighted by molar-refractivity contribution is 5.95. The summed E-state index contributed by atoms with van der Waals surface area (Å²) in [4.78, 5) is 20.9. The van der Waals surface area contributed by atoms with E-state index in [2.05, 4.69) is 15.3 Å². The van der Waals surface area contributed by atoms with Crippen LogP contribution in [0.25, 0.3) is 0 Å². The van der Waals surface area contributed by atoms with Gasteiger partial charge >= 0.3 is 0 Å². The van der Waals surface area contributed by atoms with Crippen LogP contribution in [-0.4, -0.2) is 22.5 Å². The maximum atomic E-state index is 12.6. The van der Waals surface area contributed by atoms with E-state index >= 15 is 0 Å². The lowest BCUT2D eigenvalue weighted by atomic mass is 10.1. The number of aromatic nitrogens is 2. The van der Waals surface area contributed by atoms with Gasteiger partial charge < -0.3 is 14.8 Å². The van der Waals surface area contributed by atoms with E-state index in [-0.39, 0.29) is 11.9 Å². The fraction of sp³-hybridized carbons (Fsp3) is 0.227. The van der Waals surface area contributed by atoms with Crippen molar-refractivity contribution < 1.29 is 14.3 Å². The predicted molar refractivity (Wildman–Crippen MR) is 106 cm³/mol. The van der Waals surface area contributed by atoms with Gasteiger partial charge in [-0.3, -0.25) is 14.8 Å². The second-order valence-corrected chi connectivity index (χ2v) is 6.19. The summed E-state index contributed by atoms with van der Waals surface area (Å²) in [5.74, 6) is 0.933. The number of pyridine rings is 2. The molecule has 0 spiro atoms. The molecule has 0 fully saturated rings. The number of nitrogens with zero attached hydrogens (tertiary/aromatic N) is 2. The maximum Gasteiger partial charge on any atom is 0.251 e. The van der Waals surface area contributed by atoms with Crippen molar-refractivity contribution in [2.75, 3.05) is 6.61 Å². The van der Waals surface area contributed by atoms with Crippen molar-refractivity contribution in [2.24, 2.45) is 0 Å². The Labute approximate surface area is 164 Å². The first-order valence-electron chi connectivity index (χ1n) is 9.17. The smallest absolute Gasteiger partial charge is 0.251 e. The molecule has 0 aliphatic rings. The molecule has 28 heavy (non-hydrogen) atoms. The molecular weight excluding hydrogens is 354 g/mol. The fourth-order valence-corrected chi connectivity index (χ4v) is 2.66. The van der Waals surface area contributed by atoms with E-state index in [1.165, 1.54) is 0 Å². The summed E-state index contributed by atoms with van der Waals surface area (Å²) in [7, 11) is 0. The second-order valence-electron chi connectivity index (χ2n) is 6.19. The Morgan fingerprint density at radius 2 is 1.86 bits per heavy atom. The zero-order chi connectivity index (χ0) is 19.8. The van der Waals surface area contributed by atoms with Gasteiger partial charge in [-0.15, -0.1) is 0 Å². The van der Waals surface area contributed by atoms with Crippen LogP contribution in [0.5, 0.6) is 11.5 Å². The number of carbonyl (C=O) groups is 1. The average Bonchev–Trinajstić information content (AvgIpc) is 2.74. The highest BCUT2D eigenvalue weighted by atomic mass is 16.5. The molecule has 1 atom stereocenters. The fourth-order valence-electron chi connectivity index (χ4n) is 2.66. The van der Waals surface area contributed by atoms with E-state index in [4.69, 9.17) is 9.47 Å². The van der Waals surface area contributed by atoms with E-state index in [1.807, 2.05) is 44.2 Å². The molecule has 1 unspecified atom stereocenters. The third-order valence-electron chi connectivity index (χ3n) is 4.13. The molecule has 6 heteroatoms. The van der Waals surface area contributed by atoms with Crippen LogP contribution in [0.15, 0.2) is 67.1 Å². The number of benzene rings is 1. The molecule has 0 bridgehead atoms. The zero-order valence-electron chi connectivity index (χ0n) is 16.0. The Hall–Kier alpha value is -3.41. The number of amides is 1. The monoisotopic (exact) mass is 377 g/mol. The molecule has 0 saturated carbocycles. The molecule has 0 aliphatic heterocycles. The maximum absolute atomic E-state index is 12.6. The normalized spacial score (nSPS) is 11.5. The van der Waals surface area contributed by atoms with Gasteiger partial charge in [-0.25, -0.2) is 0 Å². The molecule has 0 saturated heterocycles. The zero-order valence-corrected chi connectivity index (χ0v) is 16.0. The van der Waals surface area contributed by atoms with Gasteiger partial charge in [0, 0.05) is 24.2 Å².